The van der Waals surface area contributed by atoms with Crippen molar-refractivity contribution in [1.29, 1.82) is 0 Å². The summed E-state index contributed by atoms with van der Waals surface area (Å²) >= 11 is 0. The van der Waals surface area contributed by atoms with Gasteiger partial charge in [-0.1, -0.05) is 30.3 Å². The molecular formula is C32H33N5O5. The molecule has 3 aromatic rings. The van der Waals surface area contributed by atoms with Crippen molar-refractivity contribution in [1.82, 2.24) is 15.3 Å². The lowest BCUT2D eigenvalue weighted by atomic mass is 9.96. The first kappa shape index (κ1) is 27.6. The van der Waals surface area contributed by atoms with Gasteiger partial charge in [0.05, 0.1) is 29.1 Å². The molecule has 10 nitrogen and oxygen atoms in total. The van der Waals surface area contributed by atoms with Crippen LogP contribution in [-0.2, 0) is 9.63 Å². The first-order valence-corrected chi connectivity index (χ1v) is 14.0. The molecule has 0 unspecified atom stereocenters. The zero-order valence-electron chi connectivity index (χ0n) is 23.5. The molecule has 0 saturated carbocycles. The lowest BCUT2D eigenvalue weighted by molar-refractivity contribution is -0.111. The van der Waals surface area contributed by atoms with Gasteiger partial charge in [-0.25, -0.2) is 9.86 Å². The predicted molar refractivity (Wildman–Crippen MR) is 160 cm³/mol. The lowest BCUT2D eigenvalue weighted by Crippen LogP contribution is -2.45. The second kappa shape index (κ2) is 11.4. The second-order valence-corrected chi connectivity index (χ2v) is 10.9. The highest BCUT2D eigenvalue weighted by atomic mass is 16.7. The summed E-state index contributed by atoms with van der Waals surface area (Å²) < 4.78 is 0. The Morgan fingerprint density at radius 3 is 2.52 bits per heavy atom. The van der Waals surface area contributed by atoms with Crippen LogP contribution in [-0.4, -0.2) is 78.2 Å². The van der Waals surface area contributed by atoms with Crippen LogP contribution in [0.3, 0.4) is 0 Å². The van der Waals surface area contributed by atoms with Gasteiger partial charge in [-0.3, -0.25) is 19.3 Å². The molecule has 2 amide bonds. The van der Waals surface area contributed by atoms with E-state index >= 15 is 0 Å². The van der Waals surface area contributed by atoms with E-state index in [9.17, 15) is 19.5 Å². The Bertz CT molecular complexity index is 1570. The number of nitrogens with zero attached hydrogens (tertiary/aromatic N) is 2. The summed E-state index contributed by atoms with van der Waals surface area (Å²) in [5.74, 6) is -1.63. The number of benzene rings is 3. The highest BCUT2D eigenvalue weighted by molar-refractivity contribution is 6.37. The minimum atomic E-state index is -1.05. The van der Waals surface area contributed by atoms with E-state index in [4.69, 9.17) is 4.84 Å². The van der Waals surface area contributed by atoms with Crippen LogP contribution >= 0.6 is 0 Å². The van der Waals surface area contributed by atoms with Gasteiger partial charge in [0.1, 0.15) is 0 Å². The normalized spacial score (nSPS) is 20.3. The standard InChI is InChI=1S/C32H33N5O5/c1-19-14-26-27(16-25(19)32(40)41)35-30(38)28(26)29(20-6-4-3-5-7-20)34-22-10-8-21(9-11-22)31(39)36(2)42-13-12-37-18-23-15-24(37)17-33-23/h3-11,14,16,23-24,33-34H,12-13,15,17-18H2,1-2H3,(H,35,38)(H,40,41)/t23-,24-/m0/s1. The van der Waals surface area contributed by atoms with E-state index in [-0.39, 0.29) is 17.4 Å². The topological polar surface area (TPSA) is 123 Å². The molecule has 0 radical (unpaired) electrons. The van der Waals surface area contributed by atoms with E-state index in [2.05, 4.69) is 20.9 Å². The Morgan fingerprint density at radius 1 is 1.10 bits per heavy atom. The number of hydroxylamine groups is 2. The van der Waals surface area contributed by atoms with Crippen LogP contribution < -0.4 is 16.0 Å². The molecule has 6 rings (SSSR count). The summed E-state index contributed by atoms with van der Waals surface area (Å²) in [7, 11) is 1.62. The molecule has 0 aromatic heterocycles. The number of carboxylic acid groups (broad SMARTS) is 1. The minimum Gasteiger partial charge on any atom is -0.478 e. The highest BCUT2D eigenvalue weighted by Crippen LogP contribution is 2.39. The summed E-state index contributed by atoms with van der Waals surface area (Å²) in [6.45, 7) is 4.98. The highest BCUT2D eigenvalue weighted by Gasteiger charge is 2.37. The molecule has 3 aliphatic heterocycles. The predicted octanol–water partition coefficient (Wildman–Crippen LogP) is 3.68. The third kappa shape index (κ3) is 5.39. The number of nitrogens with one attached hydrogen (secondary N) is 3. The third-order valence-corrected chi connectivity index (χ3v) is 8.17. The SMILES string of the molecule is Cc1cc2c(cc1C(=O)O)NC(=O)C2=C(Nc1ccc(C(=O)N(C)OCCN2C[C@@H]3C[C@H]2CN3)cc1)c1ccccc1. The van der Waals surface area contributed by atoms with Crippen LogP contribution in [0.5, 0.6) is 0 Å². The van der Waals surface area contributed by atoms with Gasteiger partial charge in [0, 0.05) is 55.6 Å². The fourth-order valence-corrected chi connectivity index (χ4v) is 5.98. The van der Waals surface area contributed by atoms with Crippen LogP contribution in [0.2, 0.25) is 0 Å². The molecule has 216 valence electrons. The summed E-state index contributed by atoms with van der Waals surface area (Å²) in [5.41, 5.74) is 4.68. The fourth-order valence-electron chi connectivity index (χ4n) is 5.98. The molecule has 3 aromatic carbocycles. The minimum absolute atomic E-state index is 0.138. The van der Waals surface area contributed by atoms with Gasteiger partial charge in [-0.05, 0) is 60.9 Å². The summed E-state index contributed by atoms with van der Waals surface area (Å²) in [6, 6.07) is 20.8. The number of fused-ring (bicyclic) bond motifs is 3. The number of hydrogen-bond acceptors (Lipinski definition) is 7. The number of carbonyl (C=O) groups is 3. The molecule has 4 N–H and O–H groups in total. The van der Waals surface area contributed by atoms with Crippen LogP contribution in [0.25, 0.3) is 11.3 Å². The Hall–Kier alpha value is -4.51. The molecule has 3 aliphatic rings. The first-order chi connectivity index (χ1) is 20.3. The van der Waals surface area contributed by atoms with E-state index in [1.807, 2.05) is 30.3 Å². The number of piperazine rings is 1. The number of rotatable bonds is 9. The zero-order valence-corrected chi connectivity index (χ0v) is 23.5. The van der Waals surface area contributed by atoms with E-state index in [1.54, 1.807) is 44.3 Å². The molecule has 0 aliphatic carbocycles. The maximum Gasteiger partial charge on any atom is 0.336 e. The second-order valence-electron chi connectivity index (χ2n) is 10.9. The number of likely N-dealkylation sites (tertiary alicyclic amines) is 1. The molecular weight excluding hydrogens is 534 g/mol. The van der Waals surface area contributed by atoms with Crippen molar-refractivity contribution in [3.8, 4) is 0 Å². The van der Waals surface area contributed by atoms with Gasteiger partial charge in [-0.15, -0.1) is 0 Å². The van der Waals surface area contributed by atoms with Crippen LogP contribution in [0.1, 0.15) is 43.8 Å². The average molecular weight is 568 g/mol. The Labute approximate surface area is 243 Å². The molecule has 3 heterocycles. The van der Waals surface area contributed by atoms with Crippen molar-refractivity contribution in [3.05, 3.63) is 94.5 Å². The molecule has 42 heavy (non-hydrogen) atoms. The van der Waals surface area contributed by atoms with Crippen molar-refractivity contribution in [2.75, 3.05) is 43.9 Å². The smallest absolute Gasteiger partial charge is 0.336 e. The van der Waals surface area contributed by atoms with Gasteiger partial charge < -0.3 is 21.1 Å². The Kier molecular flexibility index (Phi) is 7.51. The first-order valence-electron chi connectivity index (χ1n) is 14.0. The van der Waals surface area contributed by atoms with Crippen molar-refractivity contribution in [2.45, 2.75) is 25.4 Å². The van der Waals surface area contributed by atoms with Gasteiger partial charge in [0.15, 0.2) is 0 Å². The number of amides is 2. The van der Waals surface area contributed by atoms with Gasteiger partial charge >= 0.3 is 5.97 Å². The third-order valence-electron chi connectivity index (χ3n) is 8.17. The number of carboxylic acids is 1. The number of anilines is 2. The summed E-state index contributed by atoms with van der Waals surface area (Å²) in [6.07, 6.45) is 1.18. The Balaban J connectivity index is 1.20. The van der Waals surface area contributed by atoms with Crippen molar-refractivity contribution in [2.24, 2.45) is 0 Å². The number of carbonyl (C=O) groups excluding carboxylic acids is 2. The van der Waals surface area contributed by atoms with E-state index in [0.29, 0.717) is 58.0 Å². The molecule has 0 spiro atoms. The quantitative estimate of drug-likeness (QED) is 0.228. The van der Waals surface area contributed by atoms with E-state index in [0.717, 1.165) is 25.2 Å². The van der Waals surface area contributed by atoms with Crippen molar-refractivity contribution < 1.29 is 24.3 Å². The average Bonchev–Trinajstić information content (AvgIpc) is 3.70. The van der Waals surface area contributed by atoms with E-state index in [1.165, 1.54) is 17.6 Å². The van der Waals surface area contributed by atoms with Gasteiger partial charge in [0.25, 0.3) is 11.8 Å². The fraction of sp³-hybridized carbons (Fsp3) is 0.281. The van der Waals surface area contributed by atoms with Crippen molar-refractivity contribution in [3.63, 3.8) is 0 Å². The van der Waals surface area contributed by atoms with Crippen LogP contribution in [0.4, 0.5) is 11.4 Å². The molecule has 10 heteroatoms. The van der Waals surface area contributed by atoms with Crippen LogP contribution in [0, 0.1) is 6.92 Å². The van der Waals surface area contributed by atoms with Gasteiger partial charge in [0.2, 0.25) is 0 Å². The zero-order chi connectivity index (χ0) is 29.4. The number of hydrogen-bond donors (Lipinski definition) is 4. The molecule has 2 bridgehead atoms. The maximum atomic E-state index is 13.2. The number of aromatic carboxylic acids is 1. The number of aryl methyl sites for hydroxylation is 1. The van der Waals surface area contributed by atoms with E-state index < -0.39 is 5.97 Å². The monoisotopic (exact) mass is 567 g/mol. The van der Waals surface area contributed by atoms with Gasteiger partial charge in [-0.2, -0.15) is 0 Å². The Morgan fingerprint density at radius 2 is 1.86 bits per heavy atom. The molecule has 2 saturated heterocycles. The molecule has 2 fully saturated rings. The van der Waals surface area contributed by atoms with Crippen LogP contribution in [0.15, 0.2) is 66.7 Å². The lowest BCUT2D eigenvalue weighted by Gasteiger charge is -2.27. The summed E-state index contributed by atoms with van der Waals surface area (Å²) in [4.78, 5) is 46.0. The molecule has 2 atom stereocenters. The summed E-state index contributed by atoms with van der Waals surface area (Å²) in [5, 5.41) is 20.5. The maximum absolute atomic E-state index is 13.2. The largest absolute Gasteiger partial charge is 0.478 e. The van der Waals surface area contributed by atoms with Crippen molar-refractivity contribution >= 4 is 40.4 Å².